The van der Waals surface area contributed by atoms with Crippen molar-refractivity contribution in [3.05, 3.63) is 76.5 Å². The number of nitrogens with zero attached hydrogens (tertiary/aromatic N) is 4. The second-order valence-electron chi connectivity index (χ2n) is 9.35. The van der Waals surface area contributed by atoms with Gasteiger partial charge in [0.1, 0.15) is 28.5 Å². The highest BCUT2D eigenvalue weighted by Gasteiger charge is 2.30. The van der Waals surface area contributed by atoms with Crippen LogP contribution in [-0.4, -0.2) is 20.7 Å². The normalized spacial score (nSPS) is 13.5. The maximum atomic E-state index is 14.1. The second kappa shape index (κ2) is 10.1. The monoisotopic (exact) mass is 505 g/mol. The van der Waals surface area contributed by atoms with Crippen molar-refractivity contribution >= 4 is 34.4 Å². The van der Waals surface area contributed by atoms with Crippen molar-refractivity contribution in [2.45, 2.75) is 56.2 Å². The molecule has 4 aromatic rings. The number of thioether (sulfide) groups is 1. The Labute approximate surface area is 220 Å². The summed E-state index contributed by atoms with van der Waals surface area (Å²) in [6.45, 7) is 3.94. The van der Waals surface area contributed by atoms with Crippen molar-refractivity contribution in [3.63, 3.8) is 0 Å². The van der Waals surface area contributed by atoms with E-state index in [1.807, 2.05) is 60.9 Å². The van der Waals surface area contributed by atoms with Crippen LogP contribution < -0.4 is 5.73 Å². The summed E-state index contributed by atoms with van der Waals surface area (Å²) in [6.07, 6.45) is 4.60. The topological polar surface area (TPSA) is 108 Å². The first-order valence-corrected chi connectivity index (χ1v) is 13.4. The van der Waals surface area contributed by atoms with Gasteiger partial charge in [0.05, 0.1) is 16.3 Å². The second-order valence-corrected chi connectivity index (χ2v) is 10.5. The van der Waals surface area contributed by atoms with Gasteiger partial charge in [-0.15, -0.1) is 0 Å². The molecule has 1 aliphatic carbocycles. The third kappa shape index (κ3) is 4.26. The Hall–Kier alpha value is -4.07. The quantitative estimate of drug-likeness (QED) is 0.313. The molecule has 2 aromatic carbocycles. The number of nitriles is 2. The first kappa shape index (κ1) is 24.6. The van der Waals surface area contributed by atoms with Gasteiger partial charge in [-0.1, -0.05) is 66.7 Å². The lowest BCUT2D eigenvalue weighted by Gasteiger charge is -2.20. The minimum absolute atomic E-state index is 0.0163. The summed E-state index contributed by atoms with van der Waals surface area (Å²) in [5.74, 6) is 0.0445. The lowest BCUT2D eigenvalue weighted by atomic mass is 9.95. The van der Waals surface area contributed by atoms with Gasteiger partial charge in [-0.2, -0.15) is 10.5 Å². The molecule has 5 rings (SSSR count). The molecule has 0 saturated carbocycles. The van der Waals surface area contributed by atoms with Gasteiger partial charge in [0.25, 0.3) is 0 Å². The average Bonchev–Trinajstić information content (AvgIpc) is 3.26. The van der Waals surface area contributed by atoms with Gasteiger partial charge >= 0.3 is 0 Å². The Bertz CT molecular complexity index is 1600. The summed E-state index contributed by atoms with van der Waals surface area (Å²) in [6, 6.07) is 20.1. The minimum atomic E-state index is -0.473. The number of nitrogen functional groups attached to an aromatic ring is 1. The van der Waals surface area contributed by atoms with Crippen LogP contribution in [0.5, 0.6) is 0 Å². The highest BCUT2D eigenvalue weighted by atomic mass is 32.2. The van der Waals surface area contributed by atoms with Crippen molar-refractivity contribution in [3.8, 4) is 23.3 Å². The molecule has 1 aliphatic rings. The molecule has 0 bridgehead atoms. The third-order valence-corrected chi connectivity index (χ3v) is 8.39. The van der Waals surface area contributed by atoms with E-state index in [1.54, 1.807) is 0 Å². The molecular weight excluding hydrogens is 478 g/mol. The number of rotatable bonds is 5. The van der Waals surface area contributed by atoms with E-state index in [1.165, 1.54) is 17.3 Å². The molecular formula is C30H27N5OS. The van der Waals surface area contributed by atoms with E-state index in [0.717, 1.165) is 53.4 Å². The number of fused-ring (bicyclic) bond motifs is 3. The summed E-state index contributed by atoms with van der Waals surface area (Å²) >= 11 is 1.26. The van der Waals surface area contributed by atoms with Gasteiger partial charge in [0.2, 0.25) is 5.91 Å². The summed E-state index contributed by atoms with van der Waals surface area (Å²) in [7, 11) is 0. The highest BCUT2D eigenvalue weighted by molar-refractivity contribution is 8.00. The molecule has 2 N–H and O–H groups in total. The predicted octanol–water partition coefficient (Wildman–Crippen LogP) is 6.43. The van der Waals surface area contributed by atoms with Gasteiger partial charge < -0.3 is 5.73 Å². The largest absolute Gasteiger partial charge is 0.383 e. The van der Waals surface area contributed by atoms with Crippen molar-refractivity contribution in [2.75, 3.05) is 5.73 Å². The van der Waals surface area contributed by atoms with E-state index >= 15 is 0 Å². The Morgan fingerprint density at radius 2 is 1.78 bits per heavy atom. The smallest absolute Gasteiger partial charge is 0.244 e. The van der Waals surface area contributed by atoms with E-state index < -0.39 is 5.25 Å². The van der Waals surface area contributed by atoms with E-state index in [9.17, 15) is 15.3 Å². The maximum absolute atomic E-state index is 14.1. The molecule has 0 fully saturated rings. The summed E-state index contributed by atoms with van der Waals surface area (Å²) in [5, 5.41) is 21.1. The van der Waals surface area contributed by atoms with Crippen LogP contribution in [0, 0.1) is 29.6 Å². The van der Waals surface area contributed by atoms with Crippen LogP contribution in [0.4, 0.5) is 5.82 Å². The Morgan fingerprint density at radius 3 is 2.49 bits per heavy atom. The number of carbonyl (C=O) groups excluding carboxylic acids is 1. The van der Waals surface area contributed by atoms with Crippen LogP contribution >= 0.6 is 11.8 Å². The molecule has 0 amide bonds. The lowest BCUT2D eigenvalue weighted by Crippen LogP contribution is -2.26. The van der Waals surface area contributed by atoms with Gasteiger partial charge in [-0.05, 0) is 56.2 Å². The molecule has 1 unspecified atom stereocenters. The number of benzene rings is 2. The first-order chi connectivity index (χ1) is 18.0. The van der Waals surface area contributed by atoms with Gasteiger partial charge in [0.15, 0.2) is 0 Å². The van der Waals surface area contributed by atoms with Crippen LogP contribution in [0.1, 0.15) is 58.9 Å². The number of para-hydroxylation sites is 1. The molecule has 6 nitrogen and oxygen atoms in total. The van der Waals surface area contributed by atoms with Gasteiger partial charge in [-0.3, -0.25) is 9.36 Å². The predicted molar refractivity (Wildman–Crippen MR) is 147 cm³/mol. The van der Waals surface area contributed by atoms with Gasteiger partial charge in [0, 0.05) is 16.6 Å². The maximum Gasteiger partial charge on any atom is 0.244 e. The molecule has 2 aromatic heterocycles. The van der Waals surface area contributed by atoms with E-state index in [4.69, 9.17) is 5.73 Å². The summed E-state index contributed by atoms with van der Waals surface area (Å²) < 4.78 is 1.89. The molecule has 0 spiro atoms. The minimum Gasteiger partial charge on any atom is -0.383 e. The number of hydrogen-bond donors (Lipinski definition) is 1. The number of carbonyl (C=O) groups is 1. The fourth-order valence-corrected chi connectivity index (χ4v) is 6.29. The molecule has 0 radical (unpaired) electrons. The fourth-order valence-electron chi connectivity index (χ4n) is 5.23. The Morgan fingerprint density at radius 1 is 1.08 bits per heavy atom. The van der Waals surface area contributed by atoms with Crippen LogP contribution in [0.15, 0.2) is 53.6 Å². The Balaban J connectivity index is 1.61. The van der Waals surface area contributed by atoms with Crippen LogP contribution in [0.25, 0.3) is 22.0 Å². The lowest BCUT2D eigenvalue weighted by molar-refractivity contribution is 0.0910. The van der Waals surface area contributed by atoms with E-state index in [2.05, 4.69) is 23.2 Å². The number of pyridine rings is 1. The van der Waals surface area contributed by atoms with E-state index in [0.29, 0.717) is 17.0 Å². The number of aryl methyl sites for hydroxylation is 2. The molecule has 1 atom stereocenters. The van der Waals surface area contributed by atoms with Gasteiger partial charge in [-0.25, -0.2) is 4.98 Å². The van der Waals surface area contributed by atoms with E-state index in [-0.39, 0.29) is 22.9 Å². The van der Waals surface area contributed by atoms with Crippen molar-refractivity contribution in [1.82, 2.24) is 9.55 Å². The molecule has 184 valence electrons. The Kier molecular flexibility index (Phi) is 6.74. The highest BCUT2D eigenvalue weighted by Crippen LogP contribution is 2.39. The number of nitrogens with two attached hydrogens (primary N) is 1. The molecule has 0 aliphatic heterocycles. The van der Waals surface area contributed by atoms with Crippen LogP contribution in [-0.2, 0) is 12.8 Å². The molecule has 7 heteroatoms. The van der Waals surface area contributed by atoms with Crippen molar-refractivity contribution in [2.24, 2.45) is 0 Å². The summed E-state index contributed by atoms with van der Waals surface area (Å²) in [5.41, 5.74) is 12.2. The zero-order chi connectivity index (χ0) is 26.1. The standard InChI is InChI=1S/C30H27N5OS/c1-3-26(30(36)35-24-10-6-4-8-20(24)21-9-5-7-11-25(21)35)37-29-23(17-32)27(22(16-31)28(33)34-29)19-14-12-18(2)13-15-19/h4,6,8,10,12-15,26H,3,5,7,9,11H2,1-2H3,(H2,33,34). The SMILES string of the molecule is CCC(Sc1nc(N)c(C#N)c(-c2ccc(C)cc2)c1C#N)C(=O)n1c2c(c3ccccc31)CCCC2. The number of aromatic nitrogens is 2. The van der Waals surface area contributed by atoms with Crippen LogP contribution in [0.2, 0.25) is 0 Å². The third-order valence-electron chi connectivity index (χ3n) is 7.06. The average molecular weight is 506 g/mol. The summed E-state index contributed by atoms with van der Waals surface area (Å²) in [4.78, 5) is 18.5. The number of anilines is 1. The van der Waals surface area contributed by atoms with Crippen LogP contribution in [0.3, 0.4) is 0 Å². The zero-order valence-electron chi connectivity index (χ0n) is 20.9. The molecule has 2 heterocycles. The molecule has 37 heavy (non-hydrogen) atoms. The zero-order valence-corrected chi connectivity index (χ0v) is 21.7. The molecule has 0 saturated heterocycles. The fraction of sp³-hybridized carbons (Fsp3) is 0.267. The van der Waals surface area contributed by atoms with Crippen molar-refractivity contribution in [1.29, 1.82) is 10.5 Å². The van der Waals surface area contributed by atoms with Crippen molar-refractivity contribution < 1.29 is 4.79 Å². The number of hydrogen-bond acceptors (Lipinski definition) is 6. The first-order valence-electron chi connectivity index (χ1n) is 12.5.